The first-order valence-corrected chi connectivity index (χ1v) is 9.17. The summed E-state index contributed by atoms with van der Waals surface area (Å²) in [5.41, 5.74) is 6.58. The Balaban J connectivity index is 1.60. The number of amides is 1. The van der Waals surface area contributed by atoms with Crippen molar-refractivity contribution in [2.75, 3.05) is 6.54 Å². The first kappa shape index (κ1) is 15.9. The molecular weight excluding hydrogens is 362 g/mol. The molecule has 1 saturated carbocycles. The van der Waals surface area contributed by atoms with Gasteiger partial charge >= 0.3 is 0 Å². The number of nitrogens with one attached hydrogen (secondary N) is 1. The van der Waals surface area contributed by atoms with Gasteiger partial charge in [-0.1, -0.05) is 15.9 Å². The summed E-state index contributed by atoms with van der Waals surface area (Å²) < 4.78 is 2.18. The summed E-state index contributed by atoms with van der Waals surface area (Å²) >= 11 is 5.11. The van der Waals surface area contributed by atoms with E-state index in [1.54, 1.807) is 11.3 Å². The van der Waals surface area contributed by atoms with Crippen LogP contribution in [0.3, 0.4) is 0 Å². The molecule has 3 rings (SSSR count). The molecular formula is C16H20BrN3OS. The Labute approximate surface area is 142 Å². The Morgan fingerprint density at radius 2 is 2.32 bits per heavy atom. The second-order valence-corrected chi connectivity index (χ2v) is 8.19. The smallest absolute Gasteiger partial charge is 0.220 e. The summed E-state index contributed by atoms with van der Waals surface area (Å²) in [6.07, 6.45) is 3.47. The number of aryl methyl sites for hydroxylation is 1. The summed E-state index contributed by atoms with van der Waals surface area (Å²) in [6.45, 7) is 2.55. The van der Waals surface area contributed by atoms with E-state index in [2.05, 4.69) is 39.2 Å². The van der Waals surface area contributed by atoms with Crippen molar-refractivity contribution in [2.24, 2.45) is 11.7 Å². The summed E-state index contributed by atoms with van der Waals surface area (Å²) in [7, 11) is 0. The van der Waals surface area contributed by atoms with Gasteiger partial charge in [-0.2, -0.15) is 0 Å². The highest BCUT2D eigenvalue weighted by atomic mass is 79.9. The second kappa shape index (κ2) is 6.26. The van der Waals surface area contributed by atoms with Gasteiger partial charge in [-0.3, -0.25) is 4.79 Å². The van der Waals surface area contributed by atoms with Crippen LogP contribution >= 0.6 is 27.3 Å². The first-order valence-electron chi connectivity index (χ1n) is 7.56. The monoisotopic (exact) mass is 381 g/mol. The number of hydrogen-bond acceptors (Lipinski definition) is 4. The number of rotatable bonds is 6. The van der Waals surface area contributed by atoms with Crippen molar-refractivity contribution in [3.8, 4) is 0 Å². The molecule has 2 aromatic rings. The first-order chi connectivity index (χ1) is 10.5. The van der Waals surface area contributed by atoms with Crippen LogP contribution in [0.4, 0.5) is 0 Å². The minimum Gasteiger partial charge on any atom is -0.349 e. The van der Waals surface area contributed by atoms with E-state index in [1.807, 2.05) is 12.1 Å². The molecule has 0 radical (unpaired) electrons. The molecule has 1 heterocycles. The van der Waals surface area contributed by atoms with Gasteiger partial charge in [0.05, 0.1) is 20.8 Å². The third-order valence-electron chi connectivity index (χ3n) is 4.29. The fourth-order valence-electron chi connectivity index (χ4n) is 2.70. The zero-order valence-corrected chi connectivity index (χ0v) is 15.0. The van der Waals surface area contributed by atoms with E-state index in [1.165, 1.54) is 12.8 Å². The maximum Gasteiger partial charge on any atom is 0.220 e. The molecule has 3 N–H and O–H groups in total. The number of carbonyl (C=O) groups is 1. The normalized spacial score (nSPS) is 17.4. The van der Waals surface area contributed by atoms with Gasteiger partial charge in [0.25, 0.3) is 0 Å². The number of carbonyl (C=O) groups excluding carboxylic acids is 1. The lowest BCUT2D eigenvalue weighted by Gasteiger charge is -2.29. The lowest BCUT2D eigenvalue weighted by Crippen LogP contribution is -2.53. The number of benzene rings is 1. The van der Waals surface area contributed by atoms with E-state index in [9.17, 15) is 4.79 Å². The number of aromatic nitrogens is 1. The van der Waals surface area contributed by atoms with Crippen LogP contribution in [0.2, 0.25) is 0 Å². The van der Waals surface area contributed by atoms with Crippen LogP contribution in [0, 0.1) is 5.92 Å². The quantitative estimate of drug-likeness (QED) is 0.806. The number of fused-ring (bicyclic) bond motifs is 1. The molecule has 1 fully saturated rings. The van der Waals surface area contributed by atoms with Crippen LogP contribution in [-0.4, -0.2) is 23.0 Å². The molecule has 0 saturated heterocycles. The number of thiazole rings is 1. The van der Waals surface area contributed by atoms with E-state index in [0.29, 0.717) is 25.3 Å². The lowest BCUT2D eigenvalue weighted by molar-refractivity contribution is -0.123. The maximum atomic E-state index is 12.2. The zero-order valence-electron chi connectivity index (χ0n) is 12.6. The topological polar surface area (TPSA) is 68.0 Å². The number of nitrogens with zero attached hydrogens (tertiary/aromatic N) is 1. The molecule has 6 heteroatoms. The molecule has 1 atom stereocenters. The van der Waals surface area contributed by atoms with Crippen molar-refractivity contribution in [2.45, 2.75) is 38.1 Å². The van der Waals surface area contributed by atoms with Crippen LogP contribution in [0.5, 0.6) is 0 Å². The fraction of sp³-hybridized carbons (Fsp3) is 0.500. The van der Waals surface area contributed by atoms with Crippen LogP contribution in [0.15, 0.2) is 22.7 Å². The fourth-order valence-corrected chi connectivity index (χ4v) is 3.99. The maximum absolute atomic E-state index is 12.2. The Morgan fingerprint density at radius 3 is 3.00 bits per heavy atom. The molecule has 4 nitrogen and oxygen atoms in total. The van der Waals surface area contributed by atoms with Gasteiger partial charge < -0.3 is 11.1 Å². The Kier molecular flexibility index (Phi) is 4.52. The van der Waals surface area contributed by atoms with Crippen molar-refractivity contribution < 1.29 is 4.79 Å². The largest absolute Gasteiger partial charge is 0.349 e. The van der Waals surface area contributed by atoms with Gasteiger partial charge in [0, 0.05) is 23.9 Å². The predicted molar refractivity (Wildman–Crippen MR) is 94.0 cm³/mol. The third kappa shape index (κ3) is 3.50. The lowest BCUT2D eigenvalue weighted by atomic mass is 9.95. The Morgan fingerprint density at radius 1 is 1.55 bits per heavy atom. The highest BCUT2D eigenvalue weighted by molar-refractivity contribution is 9.10. The van der Waals surface area contributed by atoms with Gasteiger partial charge in [0.1, 0.15) is 0 Å². The molecule has 0 bridgehead atoms. The highest BCUT2D eigenvalue weighted by Gasteiger charge is 2.41. The summed E-state index contributed by atoms with van der Waals surface area (Å²) in [5, 5.41) is 4.13. The van der Waals surface area contributed by atoms with E-state index >= 15 is 0 Å². The van der Waals surface area contributed by atoms with Crippen molar-refractivity contribution in [1.29, 1.82) is 0 Å². The molecule has 1 aliphatic carbocycles. The number of nitrogens with two attached hydrogens (primary N) is 1. The van der Waals surface area contributed by atoms with E-state index in [0.717, 1.165) is 19.7 Å². The minimum atomic E-state index is -0.241. The van der Waals surface area contributed by atoms with Crippen molar-refractivity contribution in [3.63, 3.8) is 0 Å². The minimum absolute atomic E-state index is 0.0697. The van der Waals surface area contributed by atoms with Crippen molar-refractivity contribution >= 4 is 43.4 Å². The summed E-state index contributed by atoms with van der Waals surface area (Å²) in [4.78, 5) is 16.8. The zero-order chi connectivity index (χ0) is 15.7. The summed E-state index contributed by atoms with van der Waals surface area (Å²) in [5.74, 6) is 0.613. The van der Waals surface area contributed by atoms with Gasteiger partial charge in [-0.15, -0.1) is 11.3 Å². The number of hydrogen-bond donors (Lipinski definition) is 2. The molecule has 1 aliphatic rings. The van der Waals surface area contributed by atoms with Gasteiger partial charge in [0.2, 0.25) is 5.91 Å². The predicted octanol–water partition coefficient (Wildman–Crippen LogP) is 3.24. The van der Waals surface area contributed by atoms with Crippen LogP contribution in [0.1, 0.15) is 31.2 Å². The molecule has 0 aliphatic heterocycles. The van der Waals surface area contributed by atoms with Crippen molar-refractivity contribution in [1.82, 2.24) is 10.3 Å². The highest BCUT2D eigenvalue weighted by Crippen LogP contribution is 2.39. The molecule has 118 valence electrons. The Hall–Kier alpha value is -0.980. The second-order valence-electron chi connectivity index (χ2n) is 6.16. The van der Waals surface area contributed by atoms with Crippen LogP contribution < -0.4 is 11.1 Å². The van der Waals surface area contributed by atoms with E-state index in [4.69, 9.17) is 5.73 Å². The van der Waals surface area contributed by atoms with Crippen LogP contribution in [0.25, 0.3) is 10.2 Å². The average molecular weight is 382 g/mol. The SMILES string of the molecule is CC(CN)(NC(=O)CCc1nc2cc(Br)ccc2s1)C1CC1. The standard InChI is InChI=1S/C16H20BrN3OS/c1-16(9-18,10-2-3-10)20-14(21)6-7-15-19-12-8-11(17)4-5-13(12)22-15/h4-5,8,10H,2-3,6-7,9,18H2,1H3,(H,20,21). The molecule has 1 amide bonds. The molecule has 1 unspecified atom stereocenters. The van der Waals surface area contributed by atoms with Crippen molar-refractivity contribution in [3.05, 3.63) is 27.7 Å². The average Bonchev–Trinajstić information content (AvgIpc) is 3.26. The molecule has 22 heavy (non-hydrogen) atoms. The van der Waals surface area contributed by atoms with E-state index in [-0.39, 0.29) is 11.4 Å². The van der Waals surface area contributed by atoms with Gasteiger partial charge in [0.15, 0.2) is 0 Å². The van der Waals surface area contributed by atoms with Gasteiger partial charge in [-0.25, -0.2) is 4.98 Å². The molecule has 1 aromatic heterocycles. The van der Waals surface area contributed by atoms with E-state index < -0.39 is 0 Å². The summed E-state index contributed by atoms with van der Waals surface area (Å²) in [6, 6.07) is 6.08. The third-order valence-corrected chi connectivity index (χ3v) is 5.88. The van der Waals surface area contributed by atoms with Crippen LogP contribution in [-0.2, 0) is 11.2 Å². The number of halogens is 1. The van der Waals surface area contributed by atoms with Gasteiger partial charge in [-0.05, 0) is 43.9 Å². The molecule has 1 aromatic carbocycles. The Bertz CT molecular complexity index is 698. The molecule has 0 spiro atoms.